The summed E-state index contributed by atoms with van der Waals surface area (Å²) in [6.45, 7) is 4.30. The highest BCUT2D eigenvalue weighted by molar-refractivity contribution is 7.94. The first-order chi connectivity index (χ1) is 10.2. The van der Waals surface area contributed by atoms with Crippen molar-refractivity contribution in [3.05, 3.63) is 12.0 Å². The molecule has 22 heavy (non-hydrogen) atoms. The molecule has 0 amide bonds. The second kappa shape index (κ2) is 14.1. The zero-order valence-corrected chi connectivity index (χ0v) is 15.1. The van der Waals surface area contributed by atoms with Crippen LogP contribution in [0.4, 0.5) is 0 Å². The van der Waals surface area contributed by atoms with E-state index in [0.717, 1.165) is 18.2 Å². The van der Waals surface area contributed by atoms with E-state index in [2.05, 4.69) is 11.3 Å². The minimum absolute atomic E-state index is 0.0208. The van der Waals surface area contributed by atoms with Gasteiger partial charge in [-0.25, -0.2) is 16.8 Å². The molecule has 0 aliphatic rings. The highest BCUT2D eigenvalue weighted by Gasteiger charge is 2.09. The van der Waals surface area contributed by atoms with Crippen LogP contribution in [-0.4, -0.2) is 68.1 Å². The van der Waals surface area contributed by atoms with Crippen LogP contribution in [0.15, 0.2) is 12.0 Å². The maximum Gasteiger partial charge on any atom is 0.173 e. The van der Waals surface area contributed by atoms with Crippen molar-refractivity contribution >= 4 is 19.7 Å². The maximum atomic E-state index is 11.2. The summed E-state index contributed by atoms with van der Waals surface area (Å²) in [6, 6.07) is 0. The van der Waals surface area contributed by atoms with Gasteiger partial charge in [0.25, 0.3) is 0 Å². The number of nitrogens with two attached hydrogens (primary N) is 1. The van der Waals surface area contributed by atoms with Gasteiger partial charge in [-0.2, -0.15) is 0 Å². The van der Waals surface area contributed by atoms with Gasteiger partial charge in [0.05, 0.1) is 30.5 Å². The van der Waals surface area contributed by atoms with Crippen LogP contribution in [0.1, 0.15) is 19.3 Å². The van der Waals surface area contributed by atoms with Gasteiger partial charge in [0, 0.05) is 19.6 Å². The fourth-order valence-corrected chi connectivity index (χ4v) is 3.07. The van der Waals surface area contributed by atoms with E-state index in [-0.39, 0.29) is 23.9 Å². The van der Waals surface area contributed by atoms with Gasteiger partial charge < -0.3 is 15.2 Å². The minimum atomic E-state index is -3.04. The molecule has 0 saturated carbocycles. The van der Waals surface area contributed by atoms with Crippen LogP contribution in [-0.2, 0) is 29.1 Å². The number of sulfone groups is 2. The summed E-state index contributed by atoms with van der Waals surface area (Å²) in [5.41, 5.74) is 5.29. The number of hydrogen-bond donors (Lipinski definition) is 1. The Labute approximate surface area is 134 Å². The number of rotatable bonds is 12. The molecule has 0 atom stereocenters. The Bertz CT molecular complexity index is 459. The van der Waals surface area contributed by atoms with E-state index in [1.165, 1.54) is 14.2 Å². The SMILES string of the molecule is C=CS(=O)(=O)CCOC.COCCS(=O)(=O)CCCCCN. The van der Waals surface area contributed by atoms with E-state index in [1.54, 1.807) is 0 Å². The molecule has 0 heterocycles. The maximum absolute atomic E-state index is 11.2. The van der Waals surface area contributed by atoms with Gasteiger partial charge in [-0.3, -0.25) is 0 Å². The Kier molecular flexibility index (Phi) is 15.3. The highest BCUT2D eigenvalue weighted by atomic mass is 32.2. The van der Waals surface area contributed by atoms with Gasteiger partial charge in [0.1, 0.15) is 0 Å². The first kappa shape index (κ1) is 23.8. The second-order valence-electron chi connectivity index (χ2n) is 4.52. The van der Waals surface area contributed by atoms with Crippen molar-refractivity contribution < 1.29 is 26.3 Å². The van der Waals surface area contributed by atoms with Crippen molar-refractivity contribution in [2.75, 3.05) is 51.2 Å². The molecule has 0 unspecified atom stereocenters. The van der Waals surface area contributed by atoms with E-state index in [9.17, 15) is 16.8 Å². The molecule has 0 aromatic carbocycles. The van der Waals surface area contributed by atoms with Crippen molar-refractivity contribution in [2.24, 2.45) is 5.73 Å². The summed E-state index contributed by atoms with van der Waals surface area (Å²) < 4.78 is 52.9. The van der Waals surface area contributed by atoms with Gasteiger partial charge in [-0.05, 0) is 19.4 Å². The quantitative estimate of drug-likeness (QED) is 0.501. The van der Waals surface area contributed by atoms with Crippen molar-refractivity contribution in [3.63, 3.8) is 0 Å². The standard InChI is InChI=1S/C8H19NO3S.C5H10O3S/c1-12-6-8-13(10,11)7-4-2-3-5-9;1-3-9(6,7)5-4-8-2/h2-9H2,1H3;3H,1,4-5H2,2H3. The molecule has 0 aliphatic heterocycles. The number of methoxy groups -OCH3 is 2. The third-order valence-corrected chi connectivity index (χ3v) is 5.53. The molecule has 0 radical (unpaired) electrons. The first-order valence-electron chi connectivity index (χ1n) is 6.98. The molecule has 0 spiro atoms. The molecule has 0 aromatic heterocycles. The van der Waals surface area contributed by atoms with Gasteiger partial charge in [-0.15, -0.1) is 0 Å². The highest BCUT2D eigenvalue weighted by Crippen LogP contribution is 1.99. The first-order valence-corrected chi connectivity index (χ1v) is 10.5. The second-order valence-corrected chi connectivity index (χ2v) is 8.89. The van der Waals surface area contributed by atoms with Crippen molar-refractivity contribution in [3.8, 4) is 0 Å². The Morgan fingerprint density at radius 3 is 1.91 bits per heavy atom. The molecule has 0 saturated heterocycles. The van der Waals surface area contributed by atoms with Gasteiger partial charge in [0.15, 0.2) is 19.7 Å². The summed E-state index contributed by atoms with van der Waals surface area (Å²) in [5, 5.41) is 0.937. The molecular weight excluding hydrogens is 330 g/mol. The lowest BCUT2D eigenvalue weighted by atomic mass is 10.2. The van der Waals surface area contributed by atoms with Gasteiger partial charge >= 0.3 is 0 Å². The molecule has 134 valence electrons. The Balaban J connectivity index is 0. The lowest BCUT2D eigenvalue weighted by Crippen LogP contribution is -2.15. The van der Waals surface area contributed by atoms with E-state index in [0.29, 0.717) is 19.6 Å². The molecular formula is C13H29NO6S2. The largest absolute Gasteiger partial charge is 0.384 e. The minimum Gasteiger partial charge on any atom is -0.384 e. The fraction of sp³-hybridized carbons (Fsp3) is 0.846. The van der Waals surface area contributed by atoms with Crippen molar-refractivity contribution in [1.29, 1.82) is 0 Å². The third kappa shape index (κ3) is 17.6. The van der Waals surface area contributed by atoms with Crippen LogP contribution in [0, 0.1) is 0 Å². The molecule has 0 aliphatic carbocycles. The Morgan fingerprint density at radius 2 is 1.45 bits per heavy atom. The third-order valence-electron chi connectivity index (χ3n) is 2.58. The van der Waals surface area contributed by atoms with Crippen LogP contribution in [0.2, 0.25) is 0 Å². The zero-order chi connectivity index (χ0) is 17.5. The summed E-state index contributed by atoms with van der Waals surface area (Å²) in [6.07, 6.45) is 2.51. The summed E-state index contributed by atoms with van der Waals surface area (Å²) >= 11 is 0. The zero-order valence-electron chi connectivity index (χ0n) is 13.5. The van der Waals surface area contributed by atoms with Crippen molar-refractivity contribution in [2.45, 2.75) is 19.3 Å². The average molecular weight is 360 g/mol. The smallest absolute Gasteiger partial charge is 0.173 e. The van der Waals surface area contributed by atoms with Crippen LogP contribution in [0.25, 0.3) is 0 Å². The number of unbranched alkanes of at least 4 members (excludes halogenated alkanes) is 2. The predicted octanol–water partition coefficient (Wildman–Crippen LogP) is 0.368. The average Bonchev–Trinajstić information content (AvgIpc) is 2.48. The Hall–Kier alpha value is -0.480. The van der Waals surface area contributed by atoms with E-state index in [1.807, 2.05) is 0 Å². The summed E-state index contributed by atoms with van der Waals surface area (Å²) in [5.74, 6) is 0.412. The summed E-state index contributed by atoms with van der Waals surface area (Å²) in [4.78, 5) is 0. The number of ether oxygens (including phenoxy) is 2. The van der Waals surface area contributed by atoms with E-state index >= 15 is 0 Å². The summed E-state index contributed by atoms with van der Waals surface area (Å²) in [7, 11) is -2.97. The topological polar surface area (TPSA) is 113 Å². The molecule has 0 bridgehead atoms. The lowest BCUT2D eigenvalue weighted by Gasteiger charge is -2.02. The van der Waals surface area contributed by atoms with E-state index in [4.69, 9.17) is 10.5 Å². The molecule has 0 fully saturated rings. The Morgan fingerprint density at radius 1 is 0.909 bits per heavy atom. The fourth-order valence-electron chi connectivity index (χ4n) is 1.24. The monoisotopic (exact) mass is 359 g/mol. The van der Waals surface area contributed by atoms with E-state index < -0.39 is 19.7 Å². The lowest BCUT2D eigenvalue weighted by molar-refractivity contribution is 0.217. The predicted molar refractivity (Wildman–Crippen MR) is 89.3 cm³/mol. The van der Waals surface area contributed by atoms with Crippen molar-refractivity contribution in [1.82, 2.24) is 0 Å². The van der Waals surface area contributed by atoms with Crippen LogP contribution in [0.3, 0.4) is 0 Å². The van der Waals surface area contributed by atoms with Crippen LogP contribution in [0.5, 0.6) is 0 Å². The molecule has 0 rings (SSSR count). The molecule has 7 nitrogen and oxygen atoms in total. The normalized spacial score (nSPS) is 11.6. The molecule has 0 aromatic rings. The number of hydrogen-bond acceptors (Lipinski definition) is 7. The van der Waals surface area contributed by atoms with Gasteiger partial charge in [0.2, 0.25) is 0 Å². The molecule has 9 heteroatoms. The van der Waals surface area contributed by atoms with Crippen LogP contribution < -0.4 is 5.73 Å². The van der Waals surface area contributed by atoms with Gasteiger partial charge in [-0.1, -0.05) is 13.0 Å². The molecule has 2 N–H and O–H groups in total. The van der Waals surface area contributed by atoms with Crippen LogP contribution >= 0.6 is 0 Å².